The molecule has 0 aliphatic heterocycles. The van der Waals surface area contributed by atoms with Crippen LogP contribution in [0.25, 0.3) is 0 Å². The zero-order valence-electron chi connectivity index (χ0n) is 10.4. The number of aromatic nitrogens is 1. The molecular weight excluding hydrogens is 292 g/mol. The van der Waals surface area contributed by atoms with Crippen molar-refractivity contribution in [3.63, 3.8) is 0 Å². The van der Waals surface area contributed by atoms with Crippen molar-refractivity contribution in [2.45, 2.75) is 50.7 Å². The smallest absolute Gasteiger partial charge is 0.139 e. The topological polar surface area (TPSA) is 48.1 Å². The van der Waals surface area contributed by atoms with Crippen LogP contribution in [0.5, 0.6) is 5.75 Å². The van der Waals surface area contributed by atoms with Gasteiger partial charge >= 0.3 is 0 Å². The molecule has 2 unspecified atom stereocenters. The highest BCUT2D eigenvalue weighted by molar-refractivity contribution is 9.10. The molecule has 3 rings (SSSR count). The van der Waals surface area contributed by atoms with E-state index in [0.29, 0.717) is 6.04 Å². The Morgan fingerprint density at radius 2 is 2.06 bits per heavy atom. The van der Waals surface area contributed by atoms with Gasteiger partial charge in [0.05, 0.1) is 6.20 Å². The van der Waals surface area contributed by atoms with Crippen molar-refractivity contribution >= 4 is 15.9 Å². The molecular formula is C14H19BrN2O. The number of halogens is 1. The number of hydrogen-bond acceptors (Lipinski definition) is 3. The summed E-state index contributed by atoms with van der Waals surface area (Å²) in [5.41, 5.74) is 6.49. The largest absolute Gasteiger partial charge is 0.488 e. The molecule has 0 saturated heterocycles. The fourth-order valence-corrected chi connectivity index (χ4v) is 3.81. The third-order valence-corrected chi connectivity index (χ3v) is 5.02. The molecule has 1 aromatic heterocycles. The van der Waals surface area contributed by atoms with E-state index >= 15 is 0 Å². The lowest BCUT2D eigenvalue weighted by molar-refractivity contribution is -0.0899. The summed E-state index contributed by atoms with van der Waals surface area (Å²) in [7, 11) is 0. The van der Waals surface area contributed by atoms with Crippen molar-refractivity contribution in [2.24, 2.45) is 11.1 Å². The van der Waals surface area contributed by atoms with Crippen molar-refractivity contribution in [3.05, 3.63) is 22.9 Å². The predicted molar refractivity (Wildman–Crippen MR) is 74.5 cm³/mol. The molecule has 0 radical (unpaired) electrons. The van der Waals surface area contributed by atoms with Crippen molar-refractivity contribution in [3.8, 4) is 5.75 Å². The zero-order chi connectivity index (χ0) is 12.6. The zero-order valence-corrected chi connectivity index (χ0v) is 12.0. The van der Waals surface area contributed by atoms with Crippen LogP contribution in [-0.2, 0) is 0 Å². The summed E-state index contributed by atoms with van der Waals surface area (Å²) < 4.78 is 7.08. The van der Waals surface area contributed by atoms with Crippen molar-refractivity contribution in [1.82, 2.24) is 4.98 Å². The normalized spacial score (nSPS) is 29.9. The first-order valence-electron chi connectivity index (χ1n) is 6.73. The van der Waals surface area contributed by atoms with Crippen LogP contribution in [-0.4, -0.2) is 17.1 Å². The summed E-state index contributed by atoms with van der Waals surface area (Å²) >= 11 is 3.42. The fourth-order valence-electron chi connectivity index (χ4n) is 3.47. The Hall–Kier alpha value is -0.610. The van der Waals surface area contributed by atoms with Gasteiger partial charge in [0.15, 0.2) is 0 Å². The van der Waals surface area contributed by atoms with Crippen molar-refractivity contribution < 1.29 is 4.74 Å². The molecule has 18 heavy (non-hydrogen) atoms. The Bertz CT molecular complexity index is 432. The quantitative estimate of drug-likeness (QED) is 0.912. The summed E-state index contributed by atoms with van der Waals surface area (Å²) in [6.07, 6.45) is 11.2. The Labute approximate surface area is 116 Å². The molecule has 2 aliphatic carbocycles. The van der Waals surface area contributed by atoms with Crippen molar-refractivity contribution in [1.29, 1.82) is 0 Å². The van der Waals surface area contributed by atoms with Crippen LogP contribution in [0.2, 0.25) is 0 Å². The average molecular weight is 311 g/mol. The number of nitrogens with zero attached hydrogens (tertiary/aromatic N) is 1. The molecule has 4 heteroatoms. The first kappa shape index (κ1) is 12.4. The van der Waals surface area contributed by atoms with Gasteiger partial charge in [-0.15, -0.1) is 0 Å². The maximum atomic E-state index is 6.26. The van der Waals surface area contributed by atoms with Crippen LogP contribution < -0.4 is 10.5 Å². The van der Waals surface area contributed by atoms with E-state index in [1.807, 2.05) is 6.07 Å². The minimum Gasteiger partial charge on any atom is -0.488 e. The van der Waals surface area contributed by atoms with E-state index in [1.165, 1.54) is 32.1 Å². The summed E-state index contributed by atoms with van der Waals surface area (Å²) in [5.74, 6) is 0.853. The second kappa shape index (κ2) is 4.82. The maximum absolute atomic E-state index is 6.26. The molecule has 1 heterocycles. The van der Waals surface area contributed by atoms with Gasteiger partial charge in [-0.3, -0.25) is 4.98 Å². The van der Waals surface area contributed by atoms with E-state index in [4.69, 9.17) is 10.5 Å². The van der Waals surface area contributed by atoms with E-state index in [0.717, 1.165) is 16.6 Å². The molecule has 0 bridgehead atoms. The minimum atomic E-state index is 0.237. The lowest BCUT2D eigenvalue weighted by Gasteiger charge is -2.56. The summed E-state index contributed by atoms with van der Waals surface area (Å²) in [6.45, 7) is 0. The first-order chi connectivity index (χ1) is 8.71. The highest BCUT2D eigenvalue weighted by Crippen LogP contribution is 2.52. The molecule has 2 fully saturated rings. The number of pyridine rings is 1. The standard InChI is InChI=1S/C14H19BrN2O/c15-10-6-11(9-17-8-10)18-13-7-12(16)14(13)4-2-1-3-5-14/h6,8-9,12-13H,1-5,7,16H2. The Morgan fingerprint density at radius 3 is 2.72 bits per heavy atom. The Kier molecular flexibility index (Phi) is 3.32. The van der Waals surface area contributed by atoms with Gasteiger partial charge in [0.25, 0.3) is 0 Å². The Morgan fingerprint density at radius 1 is 1.28 bits per heavy atom. The van der Waals surface area contributed by atoms with Gasteiger partial charge in [0.2, 0.25) is 0 Å². The van der Waals surface area contributed by atoms with E-state index in [2.05, 4.69) is 20.9 Å². The molecule has 2 N–H and O–H groups in total. The SMILES string of the molecule is NC1CC(Oc2cncc(Br)c2)C12CCCCC2. The van der Waals surface area contributed by atoms with Gasteiger partial charge in [-0.2, -0.15) is 0 Å². The van der Waals surface area contributed by atoms with E-state index in [1.54, 1.807) is 12.4 Å². The lowest BCUT2D eigenvalue weighted by atomic mass is 9.55. The third-order valence-electron chi connectivity index (χ3n) is 4.59. The fraction of sp³-hybridized carbons (Fsp3) is 0.643. The highest BCUT2D eigenvalue weighted by atomic mass is 79.9. The predicted octanol–water partition coefficient (Wildman–Crippen LogP) is 3.27. The van der Waals surface area contributed by atoms with Gasteiger partial charge in [-0.05, 0) is 34.8 Å². The van der Waals surface area contributed by atoms with Crippen LogP contribution in [0.15, 0.2) is 22.9 Å². The second-order valence-electron chi connectivity index (χ2n) is 5.58. The molecule has 2 atom stereocenters. The average Bonchev–Trinajstić information content (AvgIpc) is 2.39. The molecule has 1 aromatic rings. The Balaban J connectivity index is 1.73. The van der Waals surface area contributed by atoms with Gasteiger partial charge in [-0.1, -0.05) is 19.3 Å². The molecule has 0 aromatic carbocycles. The number of rotatable bonds is 2. The first-order valence-corrected chi connectivity index (χ1v) is 7.53. The van der Waals surface area contributed by atoms with Gasteiger partial charge in [-0.25, -0.2) is 0 Å². The lowest BCUT2D eigenvalue weighted by Crippen LogP contribution is -2.64. The van der Waals surface area contributed by atoms with Crippen LogP contribution >= 0.6 is 15.9 Å². The number of nitrogens with two attached hydrogens (primary N) is 1. The number of ether oxygens (including phenoxy) is 1. The monoisotopic (exact) mass is 310 g/mol. The van der Waals surface area contributed by atoms with Crippen LogP contribution in [0.3, 0.4) is 0 Å². The highest BCUT2D eigenvalue weighted by Gasteiger charge is 2.54. The van der Waals surface area contributed by atoms with Crippen molar-refractivity contribution in [2.75, 3.05) is 0 Å². The third kappa shape index (κ3) is 2.05. The van der Waals surface area contributed by atoms with E-state index in [-0.39, 0.29) is 11.5 Å². The van der Waals surface area contributed by atoms with E-state index < -0.39 is 0 Å². The second-order valence-corrected chi connectivity index (χ2v) is 6.50. The van der Waals surface area contributed by atoms with Gasteiger partial charge in [0.1, 0.15) is 11.9 Å². The van der Waals surface area contributed by atoms with Crippen LogP contribution in [0, 0.1) is 5.41 Å². The molecule has 1 spiro atoms. The van der Waals surface area contributed by atoms with Gasteiger partial charge in [0, 0.05) is 28.5 Å². The number of hydrogen-bond donors (Lipinski definition) is 1. The maximum Gasteiger partial charge on any atom is 0.139 e. The van der Waals surface area contributed by atoms with E-state index in [9.17, 15) is 0 Å². The molecule has 98 valence electrons. The molecule has 2 saturated carbocycles. The minimum absolute atomic E-state index is 0.237. The molecule has 3 nitrogen and oxygen atoms in total. The molecule has 0 amide bonds. The van der Waals surface area contributed by atoms with Gasteiger partial charge < -0.3 is 10.5 Å². The van der Waals surface area contributed by atoms with Crippen LogP contribution in [0.1, 0.15) is 38.5 Å². The summed E-state index contributed by atoms with van der Waals surface area (Å²) in [5, 5.41) is 0. The summed E-state index contributed by atoms with van der Waals surface area (Å²) in [4.78, 5) is 4.15. The van der Waals surface area contributed by atoms with Crippen LogP contribution in [0.4, 0.5) is 0 Å². The summed E-state index contributed by atoms with van der Waals surface area (Å²) in [6, 6.07) is 2.30. The molecule has 2 aliphatic rings.